The second-order valence-electron chi connectivity index (χ2n) is 4.06. The molecule has 0 radical (unpaired) electrons. The number of pyridine rings is 1. The number of halogens is 1. The number of aromatic nitrogens is 1. The molecule has 2 aromatic rings. The van der Waals surface area contributed by atoms with Crippen molar-refractivity contribution in [3.05, 3.63) is 47.6 Å². The van der Waals surface area contributed by atoms with E-state index in [1.807, 2.05) is 18.2 Å². The summed E-state index contributed by atoms with van der Waals surface area (Å²) in [7, 11) is 0. The zero-order chi connectivity index (χ0) is 14.4. The van der Waals surface area contributed by atoms with Gasteiger partial charge < -0.3 is 11.1 Å². The molecule has 0 spiro atoms. The van der Waals surface area contributed by atoms with Crippen molar-refractivity contribution in [2.75, 3.05) is 16.8 Å². The fourth-order valence-corrected chi connectivity index (χ4v) is 2.47. The van der Waals surface area contributed by atoms with Gasteiger partial charge in [-0.1, -0.05) is 23.7 Å². The number of nitrogens with zero attached hydrogens (tertiary/aromatic N) is 1. The second kappa shape index (κ2) is 7.17. The predicted octanol–water partition coefficient (Wildman–Crippen LogP) is 3.44. The van der Waals surface area contributed by atoms with Gasteiger partial charge in [-0.05, 0) is 24.3 Å². The van der Waals surface area contributed by atoms with E-state index in [0.29, 0.717) is 28.6 Å². The number of amides is 1. The number of carbonyl (C=O) groups excluding carboxylic acids is 1. The molecule has 0 unspecified atom stereocenters. The zero-order valence-electron chi connectivity index (χ0n) is 10.7. The molecule has 1 aromatic carbocycles. The number of nitrogen functional groups attached to an aromatic ring is 1. The molecular weight excluding hydrogens is 294 g/mol. The molecule has 0 saturated carbocycles. The van der Waals surface area contributed by atoms with E-state index in [4.69, 9.17) is 17.3 Å². The Morgan fingerprint density at radius 1 is 1.30 bits per heavy atom. The minimum absolute atomic E-state index is 0.0685. The first-order chi connectivity index (χ1) is 9.65. The van der Waals surface area contributed by atoms with Crippen LogP contribution in [0.3, 0.4) is 0 Å². The number of hydrogen-bond donors (Lipinski definition) is 2. The number of nitrogens with one attached hydrogen (secondary N) is 1. The number of anilines is 2. The monoisotopic (exact) mass is 307 g/mol. The van der Waals surface area contributed by atoms with Crippen molar-refractivity contribution in [3.8, 4) is 0 Å². The van der Waals surface area contributed by atoms with Crippen LogP contribution in [0.1, 0.15) is 6.42 Å². The van der Waals surface area contributed by atoms with Gasteiger partial charge >= 0.3 is 0 Å². The summed E-state index contributed by atoms with van der Waals surface area (Å²) in [6.45, 7) is 0. The van der Waals surface area contributed by atoms with Crippen LogP contribution in [-0.2, 0) is 4.79 Å². The number of para-hydroxylation sites is 1. The molecule has 4 nitrogen and oxygen atoms in total. The average Bonchev–Trinajstić information content (AvgIpc) is 2.44. The lowest BCUT2D eigenvalue weighted by molar-refractivity contribution is -0.115. The number of thioether (sulfide) groups is 1. The largest absolute Gasteiger partial charge is 0.397 e. The van der Waals surface area contributed by atoms with E-state index >= 15 is 0 Å². The molecule has 0 bridgehead atoms. The highest BCUT2D eigenvalue weighted by atomic mass is 35.5. The molecule has 1 aromatic heterocycles. The van der Waals surface area contributed by atoms with E-state index in [1.165, 1.54) is 11.8 Å². The van der Waals surface area contributed by atoms with Crippen molar-refractivity contribution in [1.29, 1.82) is 0 Å². The predicted molar refractivity (Wildman–Crippen MR) is 84.1 cm³/mol. The van der Waals surface area contributed by atoms with Gasteiger partial charge in [-0.2, -0.15) is 0 Å². The lowest BCUT2D eigenvalue weighted by Gasteiger charge is -2.06. The highest BCUT2D eigenvalue weighted by Gasteiger charge is 2.05. The molecule has 0 aliphatic carbocycles. The Morgan fingerprint density at radius 2 is 2.10 bits per heavy atom. The van der Waals surface area contributed by atoms with Crippen molar-refractivity contribution in [1.82, 2.24) is 4.98 Å². The Kier molecular flexibility index (Phi) is 5.26. The van der Waals surface area contributed by atoms with E-state index in [9.17, 15) is 4.79 Å². The summed E-state index contributed by atoms with van der Waals surface area (Å²) >= 11 is 7.48. The fraction of sp³-hybridized carbons (Fsp3) is 0.143. The smallest absolute Gasteiger partial charge is 0.225 e. The van der Waals surface area contributed by atoms with Gasteiger partial charge in [0.25, 0.3) is 0 Å². The van der Waals surface area contributed by atoms with Crippen LogP contribution in [0, 0.1) is 0 Å². The molecule has 20 heavy (non-hydrogen) atoms. The van der Waals surface area contributed by atoms with Crippen molar-refractivity contribution in [3.63, 3.8) is 0 Å². The van der Waals surface area contributed by atoms with Crippen LogP contribution in [0.25, 0.3) is 0 Å². The van der Waals surface area contributed by atoms with Gasteiger partial charge in [-0.25, -0.2) is 4.98 Å². The maximum atomic E-state index is 11.8. The maximum absolute atomic E-state index is 11.8. The molecular formula is C14H14ClN3OS. The number of carbonyl (C=O) groups is 1. The molecule has 1 heterocycles. The van der Waals surface area contributed by atoms with E-state index in [0.717, 1.165) is 5.03 Å². The summed E-state index contributed by atoms with van der Waals surface area (Å²) in [6, 6.07) is 10.8. The minimum atomic E-state index is -0.0685. The second-order valence-corrected chi connectivity index (χ2v) is 5.58. The zero-order valence-corrected chi connectivity index (χ0v) is 12.2. The van der Waals surface area contributed by atoms with Crippen LogP contribution in [-0.4, -0.2) is 16.6 Å². The summed E-state index contributed by atoms with van der Waals surface area (Å²) in [6.07, 6.45) is 1.99. The molecule has 104 valence electrons. The molecule has 3 N–H and O–H groups in total. The van der Waals surface area contributed by atoms with Crippen LogP contribution in [0.5, 0.6) is 0 Å². The lowest BCUT2D eigenvalue weighted by Crippen LogP contribution is -2.12. The first-order valence-corrected chi connectivity index (χ1v) is 7.40. The van der Waals surface area contributed by atoms with Crippen LogP contribution < -0.4 is 11.1 Å². The molecule has 6 heteroatoms. The summed E-state index contributed by atoms with van der Waals surface area (Å²) in [5.74, 6) is 0.578. The van der Waals surface area contributed by atoms with E-state index in [2.05, 4.69) is 10.3 Å². The van der Waals surface area contributed by atoms with E-state index < -0.39 is 0 Å². The Morgan fingerprint density at radius 3 is 2.80 bits per heavy atom. The third-order valence-corrected chi connectivity index (χ3v) is 3.76. The Balaban J connectivity index is 1.78. The van der Waals surface area contributed by atoms with Crippen molar-refractivity contribution in [2.45, 2.75) is 11.4 Å². The molecule has 0 aliphatic rings. The molecule has 0 saturated heterocycles. The van der Waals surface area contributed by atoms with Gasteiger partial charge in [0, 0.05) is 12.2 Å². The third kappa shape index (κ3) is 4.43. The Labute approximate surface area is 126 Å². The van der Waals surface area contributed by atoms with Crippen LogP contribution in [0.4, 0.5) is 11.4 Å². The standard InChI is InChI=1S/C14H14ClN3OS/c15-11-3-1-2-4-12(11)18-13(19)7-8-20-14-6-5-10(16)9-17-14/h1-6,9H,7-8,16H2,(H,18,19). The number of nitrogens with two attached hydrogens (primary N) is 1. The average molecular weight is 308 g/mol. The van der Waals surface area contributed by atoms with Gasteiger partial charge in [0.2, 0.25) is 5.91 Å². The van der Waals surface area contributed by atoms with E-state index in [1.54, 1.807) is 24.4 Å². The van der Waals surface area contributed by atoms with Crippen molar-refractivity contribution in [2.24, 2.45) is 0 Å². The number of benzene rings is 1. The summed E-state index contributed by atoms with van der Waals surface area (Å²) < 4.78 is 0. The number of rotatable bonds is 5. The fourth-order valence-electron chi connectivity index (χ4n) is 1.50. The normalized spacial score (nSPS) is 10.2. The van der Waals surface area contributed by atoms with Crippen molar-refractivity contribution >= 4 is 40.6 Å². The van der Waals surface area contributed by atoms with Crippen LogP contribution >= 0.6 is 23.4 Å². The first-order valence-electron chi connectivity index (χ1n) is 6.04. The summed E-state index contributed by atoms with van der Waals surface area (Å²) in [5.41, 5.74) is 6.82. The van der Waals surface area contributed by atoms with Gasteiger partial charge in [0.15, 0.2) is 0 Å². The molecule has 2 rings (SSSR count). The van der Waals surface area contributed by atoms with E-state index in [-0.39, 0.29) is 5.91 Å². The van der Waals surface area contributed by atoms with Gasteiger partial charge in [-0.3, -0.25) is 4.79 Å². The topological polar surface area (TPSA) is 68.0 Å². The summed E-state index contributed by atoms with van der Waals surface area (Å²) in [4.78, 5) is 15.9. The molecule has 0 aliphatic heterocycles. The maximum Gasteiger partial charge on any atom is 0.225 e. The van der Waals surface area contributed by atoms with Gasteiger partial charge in [0.1, 0.15) is 0 Å². The Bertz CT molecular complexity index is 589. The van der Waals surface area contributed by atoms with Crippen LogP contribution in [0.2, 0.25) is 5.02 Å². The first kappa shape index (κ1) is 14.7. The van der Waals surface area contributed by atoms with Crippen molar-refractivity contribution < 1.29 is 4.79 Å². The number of hydrogen-bond acceptors (Lipinski definition) is 4. The lowest BCUT2D eigenvalue weighted by atomic mass is 10.3. The van der Waals surface area contributed by atoms with Gasteiger partial charge in [-0.15, -0.1) is 11.8 Å². The minimum Gasteiger partial charge on any atom is -0.397 e. The van der Waals surface area contributed by atoms with Crippen LogP contribution in [0.15, 0.2) is 47.6 Å². The van der Waals surface area contributed by atoms with Gasteiger partial charge in [0.05, 0.1) is 27.6 Å². The highest BCUT2D eigenvalue weighted by Crippen LogP contribution is 2.21. The molecule has 0 atom stereocenters. The molecule has 1 amide bonds. The summed E-state index contributed by atoms with van der Waals surface area (Å²) in [5, 5.41) is 4.17. The Hall–Kier alpha value is -1.72. The molecule has 0 fully saturated rings. The SMILES string of the molecule is Nc1ccc(SCCC(=O)Nc2ccccc2Cl)nc1. The quantitative estimate of drug-likeness (QED) is 0.830. The highest BCUT2D eigenvalue weighted by molar-refractivity contribution is 7.99. The third-order valence-electron chi connectivity index (χ3n) is 2.49.